The lowest BCUT2D eigenvalue weighted by Crippen LogP contribution is -2.33. The number of alkyl halides is 3. The first kappa shape index (κ1) is 32.8. The zero-order chi connectivity index (χ0) is 33.6. The number of carbonyl (C=O) groups excluding carboxylic acids is 1. The average Bonchev–Trinajstić information content (AvgIpc) is 3.38. The molecule has 0 saturated heterocycles. The van der Waals surface area contributed by atoms with Crippen LogP contribution in [0.4, 0.5) is 24.5 Å². The molecule has 47 heavy (non-hydrogen) atoms. The largest absolute Gasteiger partial charge is 0.457 e. The van der Waals surface area contributed by atoms with E-state index in [4.69, 9.17) is 4.74 Å². The molecular formula is C36H29F3N4O3S. The van der Waals surface area contributed by atoms with E-state index in [-0.39, 0.29) is 9.20 Å². The van der Waals surface area contributed by atoms with Crippen LogP contribution in [-0.4, -0.2) is 23.6 Å². The maximum atomic E-state index is 14.1. The molecule has 0 aliphatic rings. The van der Waals surface area contributed by atoms with Crippen LogP contribution in [0.5, 0.6) is 11.5 Å². The minimum atomic E-state index is -4.81. The second-order valence-corrected chi connectivity index (χ2v) is 11.2. The highest BCUT2D eigenvalue weighted by atomic mass is 32.1. The molecule has 5 aromatic rings. The Bertz CT molecular complexity index is 2100. The zero-order valence-electron chi connectivity index (χ0n) is 25.4. The van der Waals surface area contributed by atoms with Gasteiger partial charge >= 0.3 is 6.18 Å². The minimum Gasteiger partial charge on any atom is -0.457 e. The summed E-state index contributed by atoms with van der Waals surface area (Å²) in [4.78, 5) is 29.4. The molecular weight excluding hydrogens is 625 g/mol. The van der Waals surface area contributed by atoms with Gasteiger partial charge in [-0.05, 0) is 86.2 Å². The van der Waals surface area contributed by atoms with Crippen LogP contribution in [0.3, 0.4) is 0 Å². The van der Waals surface area contributed by atoms with E-state index in [9.17, 15) is 28.0 Å². The van der Waals surface area contributed by atoms with E-state index in [2.05, 4.69) is 10.2 Å². The third-order valence-corrected chi connectivity index (χ3v) is 8.33. The molecule has 5 rings (SSSR count). The smallest absolute Gasteiger partial charge is 0.418 e. The van der Waals surface area contributed by atoms with Gasteiger partial charge in [-0.2, -0.15) is 18.4 Å². The van der Waals surface area contributed by atoms with Crippen molar-refractivity contribution in [1.29, 1.82) is 5.26 Å². The van der Waals surface area contributed by atoms with Crippen LogP contribution in [0.2, 0.25) is 0 Å². The van der Waals surface area contributed by atoms with E-state index in [1.165, 1.54) is 18.2 Å². The molecule has 238 valence electrons. The molecule has 4 aromatic carbocycles. The Morgan fingerprint density at radius 3 is 2.15 bits per heavy atom. The first-order valence-corrected chi connectivity index (χ1v) is 15.5. The number of ether oxygens (including phenoxy) is 1. The molecule has 0 unspecified atom stereocenters. The highest BCUT2D eigenvalue weighted by molar-refractivity contribution is 7.07. The van der Waals surface area contributed by atoms with Gasteiger partial charge in [0.15, 0.2) is 5.57 Å². The molecule has 1 aromatic heterocycles. The maximum Gasteiger partial charge on any atom is 0.418 e. The fraction of sp³-hybridized carbons (Fsp3) is 0.139. The molecule has 0 aliphatic carbocycles. The monoisotopic (exact) mass is 654 g/mol. The van der Waals surface area contributed by atoms with Crippen molar-refractivity contribution in [2.24, 2.45) is 0 Å². The number of benzene rings is 4. The van der Waals surface area contributed by atoms with Gasteiger partial charge < -0.3 is 15.0 Å². The van der Waals surface area contributed by atoms with E-state index >= 15 is 0 Å². The zero-order valence-corrected chi connectivity index (χ0v) is 26.2. The molecule has 0 spiro atoms. The van der Waals surface area contributed by atoms with E-state index in [0.29, 0.717) is 22.7 Å². The molecule has 0 fully saturated rings. The molecule has 0 bridgehead atoms. The van der Waals surface area contributed by atoms with Crippen LogP contribution in [0.25, 0.3) is 17.3 Å². The highest BCUT2D eigenvalue weighted by Gasteiger charge is 2.34. The van der Waals surface area contributed by atoms with E-state index in [0.717, 1.165) is 46.8 Å². The van der Waals surface area contributed by atoms with Crippen LogP contribution < -0.4 is 29.7 Å². The molecule has 7 nitrogen and oxygen atoms in total. The number of para-hydroxylation sites is 2. The molecule has 0 aliphatic heterocycles. The Morgan fingerprint density at radius 1 is 0.915 bits per heavy atom. The summed E-state index contributed by atoms with van der Waals surface area (Å²) < 4.78 is 48.8. The van der Waals surface area contributed by atoms with Crippen LogP contribution >= 0.6 is 11.3 Å². The number of halogens is 3. The fourth-order valence-corrected chi connectivity index (χ4v) is 6.01. The topological polar surface area (TPSA) is 87.4 Å². The van der Waals surface area contributed by atoms with E-state index < -0.39 is 34.5 Å². The van der Waals surface area contributed by atoms with Crippen molar-refractivity contribution in [2.45, 2.75) is 20.0 Å². The lowest BCUT2D eigenvalue weighted by Gasteiger charge is -2.20. The van der Waals surface area contributed by atoms with Gasteiger partial charge in [-0.3, -0.25) is 14.2 Å². The number of carbonyl (C=O) groups is 1. The maximum absolute atomic E-state index is 14.1. The summed E-state index contributed by atoms with van der Waals surface area (Å²) in [6.07, 6.45) is -3.27. The SMILES string of the molecule is CCN(CC)c1ccc(/C=c2/s/c(=C(\C#N)C(=O)Nc3ccc(Oc4ccccc4)cc3)n(-c3ccccc3C(F)(F)F)c2=O)cc1. The van der Waals surface area contributed by atoms with E-state index in [1.807, 2.05) is 50.2 Å². The van der Waals surface area contributed by atoms with Crippen LogP contribution in [0, 0.1) is 11.3 Å². The standard InChI is InChI=1S/C36H29F3N4O3S/c1-3-42(4-2)26-18-14-24(15-19-26)22-32-34(45)43(31-13-9-8-12-30(31)36(37,38)39)35(47-32)29(23-40)33(44)41-25-16-20-28(21-17-25)46-27-10-6-5-7-11-27/h5-22H,3-4H2,1-2H3,(H,41,44)/b32-22+,35-29+. The summed E-state index contributed by atoms with van der Waals surface area (Å²) in [5.41, 5.74) is -0.972. The number of nitrogens with zero attached hydrogens (tertiary/aromatic N) is 3. The second-order valence-electron chi connectivity index (χ2n) is 10.2. The number of thiazole rings is 1. The normalized spacial score (nSPS) is 12.3. The third kappa shape index (κ3) is 7.45. The molecule has 1 N–H and O–H groups in total. The average molecular weight is 655 g/mol. The number of rotatable bonds is 9. The molecule has 1 amide bonds. The number of nitriles is 1. The predicted octanol–water partition coefficient (Wildman–Crippen LogP) is 6.70. The first-order chi connectivity index (χ1) is 22.6. The van der Waals surface area contributed by atoms with Gasteiger partial charge in [-0.15, -0.1) is 11.3 Å². The summed E-state index contributed by atoms with van der Waals surface area (Å²) in [7, 11) is 0. The van der Waals surface area contributed by atoms with Crippen molar-refractivity contribution in [3.63, 3.8) is 0 Å². The van der Waals surface area contributed by atoms with E-state index in [1.54, 1.807) is 48.5 Å². The van der Waals surface area contributed by atoms with Crippen LogP contribution in [0.1, 0.15) is 25.0 Å². The van der Waals surface area contributed by atoms with Crippen molar-refractivity contribution < 1.29 is 22.7 Å². The van der Waals surface area contributed by atoms with Gasteiger partial charge in [0.05, 0.1) is 15.8 Å². The van der Waals surface area contributed by atoms with Gasteiger partial charge in [-0.1, -0.05) is 42.5 Å². The van der Waals surface area contributed by atoms with Crippen LogP contribution in [0.15, 0.2) is 108 Å². The Balaban J connectivity index is 1.60. The first-order valence-electron chi connectivity index (χ1n) is 14.7. The Kier molecular flexibility index (Phi) is 9.92. The van der Waals surface area contributed by atoms with Crippen molar-refractivity contribution in [3.8, 4) is 23.3 Å². The third-order valence-electron chi connectivity index (χ3n) is 7.24. The quantitative estimate of drug-likeness (QED) is 0.191. The van der Waals surface area contributed by atoms with Gasteiger partial charge in [0.1, 0.15) is 22.2 Å². The summed E-state index contributed by atoms with van der Waals surface area (Å²) in [5, 5.41) is 12.8. The predicted molar refractivity (Wildman–Crippen MR) is 178 cm³/mol. The van der Waals surface area contributed by atoms with Crippen molar-refractivity contribution in [2.75, 3.05) is 23.3 Å². The number of amides is 1. The minimum absolute atomic E-state index is 0.0514. The molecule has 0 radical (unpaired) electrons. The Labute approximate surface area is 272 Å². The summed E-state index contributed by atoms with van der Waals surface area (Å²) in [6.45, 7) is 5.68. The summed E-state index contributed by atoms with van der Waals surface area (Å²) >= 11 is 0.767. The van der Waals surface area contributed by atoms with Crippen LogP contribution in [-0.2, 0) is 11.0 Å². The molecule has 0 atom stereocenters. The second kappa shape index (κ2) is 14.2. The van der Waals surface area contributed by atoms with Crippen molar-refractivity contribution in [1.82, 2.24) is 4.57 Å². The summed E-state index contributed by atoms with van der Waals surface area (Å²) in [6, 6.07) is 29.2. The molecule has 11 heteroatoms. The summed E-state index contributed by atoms with van der Waals surface area (Å²) in [5.74, 6) is 0.227. The number of hydrogen-bond acceptors (Lipinski definition) is 6. The molecule has 1 heterocycles. The number of anilines is 2. The lowest BCUT2D eigenvalue weighted by molar-refractivity contribution is -0.137. The van der Waals surface area contributed by atoms with Gasteiger partial charge in [0.25, 0.3) is 11.5 Å². The molecule has 0 saturated carbocycles. The number of hydrogen-bond donors (Lipinski definition) is 1. The number of nitrogens with one attached hydrogen (secondary N) is 1. The van der Waals surface area contributed by atoms with Crippen molar-refractivity contribution >= 4 is 40.3 Å². The Hall–Kier alpha value is -5.60. The fourth-order valence-electron chi connectivity index (χ4n) is 4.92. The van der Waals surface area contributed by atoms with Crippen molar-refractivity contribution in [3.05, 3.63) is 134 Å². The van der Waals surface area contributed by atoms with Gasteiger partial charge in [0.2, 0.25) is 0 Å². The highest BCUT2D eigenvalue weighted by Crippen LogP contribution is 2.33. The van der Waals surface area contributed by atoms with Gasteiger partial charge in [0, 0.05) is 24.5 Å². The number of aromatic nitrogens is 1. The lowest BCUT2D eigenvalue weighted by atomic mass is 10.1. The van der Waals surface area contributed by atoms with Gasteiger partial charge in [-0.25, -0.2) is 0 Å². The Morgan fingerprint density at radius 2 is 1.53 bits per heavy atom.